The van der Waals surface area contributed by atoms with Gasteiger partial charge in [-0.3, -0.25) is 9.59 Å². The smallest absolute Gasteiger partial charge is 0.261 e. The number of benzene rings is 1. The molecule has 0 unspecified atom stereocenters. The molecule has 2 aromatic rings. The maximum atomic E-state index is 12.8. The zero-order valence-electron chi connectivity index (χ0n) is 14.2. The normalized spacial score (nSPS) is 23.1. The van der Waals surface area contributed by atoms with Gasteiger partial charge in [-0.15, -0.1) is 0 Å². The summed E-state index contributed by atoms with van der Waals surface area (Å²) in [4.78, 5) is 30.0. The number of aromatic amines is 1. The van der Waals surface area contributed by atoms with E-state index in [0.29, 0.717) is 11.8 Å². The van der Waals surface area contributed by atoms with Gasteiger partial charge in [-0.05, 0) is 55.5 Å². The van der Waals surface area contributed by atoms with E-state index in [-0.39, 0.29) is 17.0 Å². The van der Waals surface area contributed by atoms with E-state index in [1.807, 2.05) is 41.3 Å². The van der Waals surface area contributed by atoms with Crippen molar-refractivity contribution in [3.05, 3.63) is 58.4 Å². The largest absolute Gasteiger partial charge is 0.338 e. The zero-order valence-corrected chi connectivity index (χ0v) is 14.2. The molecule has 25 heavy (non-hydrogen) atoms. The Balaban J connectivity index is 1.53. The van der Waals surface area contributed by atoms with Gasteiger partial charge in [0.2, 0.25) is 0 Å². The van der Waals surface area contributed by atoms with Crippen molar-refractivity contribution >= 4 is 5.91 Å². The summed E-state index contributed by atoms with van der Waals surface area (Å²) in [7, 11) is 0. The lowest BCUT2D eigenvalue weighted by Crippen LogP contribution is -2.36. The van der Waals surface area contributed by atoms with Gasteiger partial charge >= 0.3 is 0 Å². The highest BCUT2D eigenvalue weighted by Crippen LogP contribution is 2.27. The van der Waals surface area contributed by atoms with Crippen molar-refractivity contribution in [2.45, 2.75) is 12.8 Å². The van der Waals surface area contributed by atoms with Gasteiger partial charge in [-0.25, -0.2) is 0 Å². The zero-order chi connectivity index (χ0) is 17.2. The topological polar surface area (TPSA) is 65.2 Å². The molecule has 130 valence electrons. The molecule has 1 aromatic heterocycles. The summed E-state index contributed by atoms with van der Waals surface area (Å²) in [6, 6.07) is 13.1. The third-order valence-corrected chi connectivity index (χ3v) is 5.53. The van der Waals surface area contributed by atoms with E-state index in [4.69, 9.17) is 0 Å². The molecule has 0 saturated carbocycles. The molecule has 5 heteroatoms. The maximum absolute atomic E-state index is 12.8. The molecule has 1 aromatic carbocycles. The average Bonchev–Trinajstić information content (AvgIpc) is 3.00. The van der Waals surface area contributed by atoms with Crippen LogP contribution in [0.4, 0.5) is 0 Å². The molecule has 0 aliphatic carbocycles. The van der Waals surface area contributed by atoms with Gasteiger partial charge in [-0.1, -0.05) is 30.3 Å². The van der Waals surface area contributed by atoms with Gasteiger partial charge in [0.1, 0.15) is 5.56 Å². The second-order valence-corrected chi connectivity index (χ2v) is 7.03. The summed E-state index contributed by atoms with van der Waals surface area (Å²) in [5, 5.41) is 3.44. The average molecular weight is 337 g/mol. The molecule has 0 spiro atoms. The summed E-state index contributed by atoms with van der Waals surface area (Å²) in [5.74, 6) is 1.18. The lowest BCUT2D eigenvalue weighted by Gasteiger charge is -2.20. The number of pyridine rings is 1. The summed E-state index contributed by atoms with van der Waals surface area (Å²) in [6.07, 6.45) is 2.03. The van der Waals surface area contributed by atoms with Crippen LogP contribution < -0.4 is 10.9 Å². The number of likely N-dealkylation sites (tertiary alicyclic amines) is 1. The highest BCUT2D eigenvalue weighted by molar-refractivity contribution is 5.94. The van der Waals surface area contributed by atoms with Crippen LogP contribution in [0.25, 0.3) is 11.3 Å². The summed E-state index contributed by atoms with van der Waals surface area (Å²) < 4.78 is 0. The van der Waals surface area contributed by atoms with Crippen LogP contribution in [-0.4, -0.2) is 42.0 Å². The maximum Gasteiger partial charge on any atom is 0.261 e. The third-order valence-electron chi connectivity index (χ3n) is 5.53. The molecule has 0 bridgehead atoms. The van der Waals surface area contributed by atoms with Crippen LogP contribution in [0, 0.1) is 11.8 Å². The number of rotatable bonds is 2. The van der Waals surface area contributed by atoms with Crippen molar-refractivity contribution in [2.75, 3.05) is 26.2 Å². The SMILES string of the molecule is O=C(c1ccc(-c2ccccc2)[nH]c1=O)N1CC[C@@H]2CNC[C@@H]2CC1. The molecule has 1 amide bonds. The first kappa shape index (κ1) is 16.1. The first-order valence-electron chi connectivity index (χ1n) is 9.01. The summed E-state index contributed by atoms with van der Waals surface area (Å²) in [5.41, 5.74) is 1.61. The number of hydrogen-bond acceptors (Lipinski definition) is 3. The van der Waals surface area contributed by atoms with Gasteiger partial charge in [0.05, 0.1) is 0 Å². The predicted molar refractivity (Wildman–Crippen MR) is 97.5 cm³/mol. The Bertz CT molecular complexity index is 801. The number of carbonyl (C=O) groups is 1. The second-order valence-electron chi connectivity index (χ2n) is 7.03. The van der Waals surface area contributed by atoms with Gasteiger partial charge in [0.15, 0.2) is 0 Å². The number of hydrogen-bond donors (Lipinski definition) is 2. The second kappa shape index (κ2) is 6.84. The van der Waals surface area contributed by atoms with Crippen molar-refractivity contribution in [3.63, 3.8) is 0 Å². The molecule has 2 fully saturated rings. The van der Waals surface area contributed by atoms with Gasteiger partial charge in [0.25, 0.3) is 11.5 Å². The predicted octanol–water partition coefficient (Wildman–Crippen LogP) is 2.11. The molecule has 2 aliphatic heterocycles. The van der Waals surface area contributed by atoms with Crippen LogP contribution in [0.3, 0.4) is 0 Å². The Hall–Kier alpha value is -2.40. The minimum atomic E-state index is -0.308. The summed E-state index contributed by atoms with van der Waals surface area (Å²) in [6.45, 7) is 3.58. The van der Waals surface area contributed by atoms with Gasteiger partial charge < -0.3 is 15.2 Å². The van der Waals surface area contributed by atoms with Gasteiger partial charge in [0, 0.05) is 18.8 Å². The first-order valence-corrected chi connectivity index (χ1v) is 9.01. The van der Waals surface area contributed by atoms with Crippen molar-refractivity contribution < 1.29 is 4.79 Å². The molecule has 4 rings (SSSR count). The number of aromatic nitrogens is 1. The Morgan fingerprint density at radius 1 is 0.960 bits per heavy atom. The van der Waals surface area contributed by atoms with Crippen molar-refractivity contribution in [1.82, 2.24) is 15.2 Å². The molecule has 5 nitrogen and oxygen atoms in total. The van der Waals surface area contributed by atoms with Crippen LogP contribution in [0.5, 0.6) is 0 Å². The number of nitrogens with one attached hydrogen (secondary N) is 2. The van der Waals surface area contributed by atoms with E-state index in [0.717, 1.165) is 50.3 Å². The van der Waals surface area contributed by atoms with Crippen LogP contribution in [0.2, 0.25) is 0 Å². The van der Waals surface area contributed by atoms with E-state index < -0.39 is 0 Å². The van der Waals surface area contributed by atoms with Crippen LogP contribution in [0.15, 0.2) is 47.3 Å². The van der Waals surface area contributed by atoms with Crippen LogP contribution in [0.1, 0.15) is 23.2 Å². The van der Waals surface area contributed by atoms with Crippen molar-refractivity contribution in [1.29, 1.82) is 0 Å². The van der Waals surface area contributed by atoms with E-state index >= 15 is 0 Å². The number of H-pyrrole nitrogens is 1. The highest BCUT2D eigenvalue weighted by atomic mass is 16.2. The van der Waals surface area contributed by atoms with E-state index in [1.54, 1.807) is 6.07 Å². The standard InChI is InChI=1S/C20H23N3O2/c24-19-17(6-7-18(22-19)14-4-2-1-3-5-14)20(25)23-10-8-15-12-21-13-16(15)9-11-23/h1-7,15-16,21H,8-13H2,(H,22,24)/t15-,16+. The minimum absolute atomic E-state index is 0.145. The quantitative estimate of drug-likeness (QED) is 0.882. The molecular weight excluding hydrogens is 314 g/mol. The Morgan fingerprint density at radius 2 is 1.64 bits per heavy atom. The third kappa shape index (κ3) is 3.24. The van der Waals surface area contributed by atoms with E-state index in [9.17, 15) is 9.59 Å². The number of carbonyl (C=O) groups excluding carboxylic acids is 1. The highest BCUT2D eigenvalue weighted by Gasteiger charge is 2.32. The van der Waals surface area contributed by atoms with E-state index in [1.165, 1.54) is 0 Å². The Morgan fingerprint density at radius 3 is 2.28 bits per heavy atom. The number of amides is 1. The molecule has 0 radical (unpaired) electrons. The fraction of sp³-hybridized carbons (Fsp3) is 0.400. The Labute approximate surface area is 147 Å². The Kier molecular flexibility index (Phi) is 4.40. The fourth-order valence-corrected chi connectivity index (χ4v) is 4.02. The van der Waals surface area contributed by atoms with Crippen LogP contribution >= 0.6 is 0 Å². The molecule has 3 heterocycles. The monoisotopic (exact) mass is 337 g/mol. The minimum Gasteiger partial charge on any atom is -0.338 e. The molecule has 2 aliphatic rings. The summed E-state index contributed by atoms with van der Waals surface area (Å²) >= 11 is 0. The fourth-order valence-electron chi connectivity index (χ4n) is 4.02. The van der Waals surface area contributed by atoms with Gasteiger partial charge in [-0.2, -0.15) is 0 Å². The number of fused-ring (bicyclic) bond motifs is 1. The molecule has 2 N–H and O–H groups in total. The van der Waals surface area contributed by atoms with E-state index in [2.05, 4.69) is 10.3 Å². The van der Waals surface area contributed by atoms with Crippen molar-refractivity contribution in [2.24, 2.45) is 11.8 Å². The van der Waals surface area contributed by atoms with Crippen molar-refractivity contribution in [3.8, 4) is 11.3 Å². The lowest BCUT2D eigenvalue weighted by molar-refractivity contribution is 0.0756. The molecule has 2 saturated heterocycles. The lowest BCUT2D eigenvalue weighted by atomic mass is 9.92. The molecule has 2 atom stereocenters. The molecular formula is C20H23N3O2. The number of nitrogens with zero attached hydrogens (tertiary/aromatic N) is 1. The van der Waals surface area contributed by atoms with Crippen LogP contribution in [-0.2, 0) is 0 Å². The first-order chi connectivity index (χ1) is 12.2.